The van der Waals surface area contributed by atoms with Crippen LogP contribution in [0.25, 0.3) is 0 Å². The molecule has 1 saturated carbocycles. The van der Waals surface area contributed by atoms with Crippen molar-refractivity contribution < 1.29 is 9.47 Å². The van der Waals surface area contributed by atoms with E-state index in [9.17, 15) is 0 Å². The van der Waals surface area contributed by atoms with E-state index in [4.69, 9.17) is 21.1 Å². The van der Waals surface area contributed by atoms with E-state index >= 15 is 0 Å². The fourth-order valence-corrected chi connectivity index (χ4v) is 1.61. The lowest BCUT2D eigenvalue weighted by molar-refractivity contribution is -0.0675. The summed E-state index contributed by atoms with van der Waals surface area (Å²) in [5.74, 6) is 0. The summed E-state index contributed by atoms with van der Waals surface area (Å²) in [4.78, 5) is 0. The summed E-state index contributed by atoms with van der Waals surface area (Å²) in [6, 6.07) is 0. The quantitative estimate of drug-likeness (QED) is 0.612. The Balaban J connectivity index is 2.02. The second-order valence-corrected chi connectivity index (χ2v) is 3.71. The Morgan fingerprint density at radius 1 is 1.55 bits per heavy atom. The molecular weight excluding hydrogens is 164 g/mol. The molecule has 0 aliphatic heterocycles. The van der Waals surface area contributed by atoms with Crippen LogP contribution in [0.3, 0.4) is 0 Å². The third-order valence-electron chi connectivity index (χ3n) is 1.86. The Morgan fingerprint density at radius 3 is 2.64 bits per heavy atom. The molecule has 1 atom stereocenters. The molecule has 0 heterocycles. The van der Waals surface area contributed by atoms with Crippen LogP contribution in [-0.4, -0.2) is 31.3 Å². The number of alkyl halides is 1. The lowest BCUT2D eigenvalue weighted by Gasteiger charge is -2.32. The molecule has 0 aromatic heterocycles. The van der Waals surface area contributed by atoms with Crippen molar-refractivity contribution in [3.05, 3.63) is 0 Å². The lowest BCUT2D eigenvalue weighted by Crippen LogP contribution is -2.35. The van der Waals surface area contributed by atoms with Crippen LogP contribution in [-0.2, 0) is 9.47 Å². The van der Waals surface area contributed by atoms with E-state index < -0.39 is 0 Å². The minimum atomic E-state index is 0.203. The van der Waals surface area contributed by atoms with Gasteiger partial charge in [-0.1, -0.05) is 0 Å². The lowest BCUT2D eigenvalue weighted by atomic mass is 9.95. The SMILES string of the molecule is COCC(C)OC1CC(Cl)C1. The molecule has 0 spiro atoms. The zero-order valence-corrected chi connectivity index (χ0v) is 7.80. The number of hydrogen-bond donors (Lipinski definition) is 0. The van der Waals surface area contributed by atoms with Crippen LogP contribution in [0.5, 0.6) is 0 Å². The number of rotatable bonds is 4. The Bertz CT molecular complexity index is 110. The van der Waals surface area contributed by atoms with E-state index in [1.165, 1.54) is 0 Å². The first-order valence-corrected chi connectivity index (χ1v) is 4.44. The van der Waals surface area contributed by atoms with E-state index in [0.717, 1.165) is 12.8 Å². The van der Waals surface area contributed by atoms with Crippen LogP contribution in [0.4, 0.5) is 0 Å². The van der Waals surface area contributed by atoms with Gasteiger partial charge >= 0.3 is 0 Å². The average Bonchev–Trinajstić information content (AvgIpc) is 1.85. The minimum Gasteiger partial charge on any atom is -0.382 e. The third-order valence-corrected chi connectivity index (χ3v) is 2.22. The van der Waals surface area contributed by atoms with Crippen LogP contribution < -0.4 is 0 Å². The van der Waals surface area contributed by atoms with Gasteiger partial charge in [-0.3, -0.25) is 0 Å². The first-order chi connectivity index (χ1) is 5.22. The number of methoxy groups -OCH3 is 1. The molecule has 3 heteroatoms. The van der Waals surface area contributed by atoms with Gasteiger partial charge in [-0.05, 0) is 19.8 Å². The molecule has 1 rings (SSSR count). The zero-order chi connectivity index (χ0) is 8.27. The van der Waals surface area contributed by atoms with Gasteiger partial charge in [0.15, 0.2) is 0 Å². The Labute approximate surface area is 72.8 Å². The molecule has 0 bridgehead atoms. The highest BCUT2D eigenvalue weighted by Gasteiger charge is 2.29. The summed E-state index contributed by atoms with van der Waals surface area (Å²) in [6.07, 6.45) is 2.57. The number of ether oxygens (including phenoxy) is 2. The molecule has 0 aromatic rings. The molecule has 0 saturated heterocycles. The van der Waals surface area contributed by atoms with Gasteiger partial charge in [-0.2, -0.15) is 0 Å². The highest BCUT2D eigenvalue weighted by Crippen LogP contribution is 2.28. The molecule has 1 fully saturated rings. The van der Waals surface area contributed by atoms with Gasteiger partial charge in [0.1, 0.15) is 0 Å². The highest BCUT2D eigenvalue weighted by molar-refractivity contribution is 6.21. The second kappa shape index (κ2) is 4.29. The fraction of sp³-hybridized carbons (Fsp3) is 1.00. The van der Waals surface area contributed by atoms with Crippen molar-refractivity contribution in [1.82, 2.24) is 0 Å². The van der Waals surface area contributed by atoms with Crippen LogP contribution in [0.1, 0.15) is 19.8 Å². The van der Waals surface area contributed by atoms with Gasteiger partial charge in [0.05, 0.1) is 18.8 Å². The normalized spacial score (nSPS) is 33.0. The van der Waals surface area contributed by atoms with Crippen molar-refractivity contribution in [1.29, 1.82) is 0 Å². The predicted molar refractivity (Wildman–Crippen MR) is 45.1 cm³/mol. The van der Waals surface area contributed by atoms with Crippen LogP contribution in [0, 0.1) is 0 Å². The maximum Gasteiger partial charge on any atom is 0.0784 e. The van der Waals surface area contributed by atoms with E-state index in [2.05, 4.69) is 0 Å². The summed E-state index contributed by atoms with van der Waals surface area (Å²) >= 11 is 5.79. The Kier molecular flexibility index (Phi) is 3.63. The molecule has 66 valence electrons. The predicted octanol–water partition coefficient (Wildman–Crippen LogP) is 1.81. The fourth-order valence-electron chi connectivity index (χ4n) is 1.22. The molecule has 0 amide bonds. The largest absolute Gasteiger partial charge is 0.382 e. The monoisotopic (exact) mass is 178 g/mol. The Morgan fingerprint density at radius 2 is 2.18 bits per heavy atom. The van der Waals surface area contributed by atoms with Crippen LogP contribution in [0.15, 0.2) is 0 Å². The summed E-state index contributed by atoms with van der Waals surface area (Å²) in [6.45, 7) is 2.69. The molecule has 0 N–H and O–H groups in total. The molecule has 1 aliphatic rings. The molecular formula is C8H15ClO2. The summed E-state index contributed by atoms with van der Waals surface area (Å²) in [5.41, 5.74) is 0. The summed E-state index contributed by atoms with van der Waals surface area (Å²) in [7, 11) is 1.69. The smallest absolute Gasteiger partial charge is 0.0784 e. The van der Waals surface area contributed by atoms with Gasteiger partial charge < -0.3 is 9.47 Å². The molecule has 1 aliphatic carbocycles. The van der Waals surface area contributed by atoms with Gasteiger partial charge in [-0.25, -0.2) is 0 Å². The van der Waals surface area contributed by atoms with E-state index in [1.54, 1.807) is 7.11 Å². The minimum absolute atomic E-state index is 0.203. The summed E-state index contributed by atoms with van der Waals surface area (Å²) < 4.78 is 10.5. The van der Waals surface area contributed by atoms with Gasteiger partial charge in [0, 0.05) is 12.5 Å². The van der Waals surface area contributed by atoms with Gasteiger partial charge in [-0.15, -0.1) is 11.6 Å². The van der Waals surface area contributed by atoms with Crippen molar-refractivity contribution >= 4 is 11.6 Å². The Hall–Kier alpha value is 0.210. The van der Waals surface area contributed by atoms with Crippen molar-refractivity contribution in [3.8, 4) is 0 Å². The highest BCUT2D eigenvalue weighted by atomic mass is 35.5. The molecule has 0 radical (unpaired) electrons. The summed E-state index contributed by atoms with van der Waals surface area (Å²) in [5, 5.41) is 0.342. The van der Waals surface area contributed by atoms with Gasteiger partial charge in [0.25, 0.3) is 0 Å². The second-order valence-electron chi connectivity index (χ2n) is 3.09. The number of halogens is 1. The standard InChI is InChI=1S/C8H15ClO2/c1-6(5-10-2)11-8-3-7(9)4-8/h6-8H,3-5H2,1-2H3. The number of hydrogen-bond acceptors (Lipinski definition) is 2. The van der Waals surface area contributed by atoms with Crippen molar-refractivity contribution in [2.24, 2.45) is 0 Å². The van der Waals surface area contributed by atoms with E-state index in [-0.39, 0.29) is 6.10 Å². The first-order valence-electron chi connectivity index (χ1n) is 4.01. The maximum absolute atomic E-state index is 5.79. The van der Waals surface area contributed by atoms with Crippen molar-refractivity contribution in [2.45, 2.75) is 37.4 Å². The molecule has 0 aromatic carbocycles. The van der Waals surface area contributed by atoms with E-state index in [0.29, 0.717) is 18.1 Å². The van der Waals surface area contributed by atoms with Crippen molar-refractivity contribution in [2.75, 3.05) is 13.7 Å². The molecule has 2 nitrogen and oxygen atoms in total. The van der Waals surface area contributed by atoms with Crippen LogP contribution >= 0.6 is 11.6 Å². The van der Waals surface area contributed by atoms with Crippen LogP contribution in [0.2, 0.25) is 0 Å². The molecule has 1 unspecified atom stereocenters. The van der Waals surface area contributed by atoms with Crippen molar-refractivity contribution in [3.63, 3.8) is 0 Å². The zero-order valence-electron chi connectivity index (χ0n) is 7.05. The van der Waals surface area contributed by atoms with Gasteiger partial charge in [0.2, 0.25) is 0 Å². The maximum atomic E-state index is 5.79. The third kappa shape index (κ3) is 2.97. The first kappa shape index (κ1) is 9.30. The molecule has 11 heavy (non-hydrogen) atoms. The topological polar surface area (TPSA) is 18.5 Å². The van der Waals surface area contributed by atoms with E-state index in [1.807, 2.05) is 6.92 Å². The average molecular weight is 179 g/mol.